The van der Waals surface area contributed by atoms with Gasteiger partial charge in [0.1, 0.15) is 29.1 Å². The lowest BCUT2D eigenvalue weighted by Crippen LogP contribution is -2.07. The van der Waals surface area contributed by atoms with Crippen LogP contribution in [0.3, 0.4) is 0 Å². The summed E-state index contributed by atoms with van der Waals surface area (Å²) in [6.07, 6.45) is 1.42. The Morgan fingerprint density at radius 3 is 2.22 bits per heavy atom. The Kier molecular flexibility index (Phi) is 3.93. The monoisotopic (exact) mass is 312 g/mol. The van der Waals surface area contributed by atoms with Gasteiger partial charge in [0.25, 0.3) is 0 Å². The highest BCUT2D eigenvalue weighted by molar-refractivity contribution is 5.85. The Morgan fingerprint density at radius 1 is 0.913 bits per heavy atom. The van der Waals surface area contributed by atoms with Crippen LogP contribution in [-0.4, -0.2) is 21.3 Å². The van der Waals surface area contributed by atoms with Gasteiger partial charge in [-0.2, -0.15) is 0 Å². The van der Waals surface area contributed by atoms with Crippen LogP contribution in [0.15, 0.2) is 51.9 Å². The highest BCUT2D eigenvalue weighted by Gasteiger charge is 2.18. The van der Waals surface area contributed by atoms with Gasteiger partial charge in [-0.15, -0.1) is 0 Å². The maximum absolute atomic E-state index is 12.9. The number of rotatable bonds is 4. The Bertz CT molecular complexity index is 889. The molecule has 0 radical (unpaired) electrons. The van der Waals surface area contributed by atoms with E-state index in [2.05, 4.69) is 0 Å². The second-order valence-corrected chi connectivity index (χ2v) is 4.88. The van der Waals surface area contributed by atoms with Crippen molar-refractivity contribution >= 4 is 11.0 Å². The first-order valence-electron chi connectivity index (χ1n) is 7.00. The first-order valence-corrected chi connectivity index (χ1v) is 7.00. The fraction of sp³-hybridized carbons (Fsp3) is 0.167. The second-order valence-electron chi connectivity index (χ2n) is 4.88. The number of ether oxygens (including phenoxy) is 3. The summed E-state index contributed by atoms with van der Waals surface area (Å²) in [6.45, 7) is 0. The average molecular weight is 312 g/mol. The summed E-state index contributed by atoms with van der Waals surface area (Å²) < 4.78 is 21.5. The van der Waals surface area contributed by atoms with Crippen molar-refractivity contribution in [2.24, 2.45) is 0 Å². The lowest BCUT2D eigenvalue weighted by atomic mass is 10.0. The molecule has 0 bridgehead atoms. The lowest BCUT2D eigenvalue weighted by Gasteiger charge is -2.12. The first-order chi connectivity index (χ1) is 11.2. The smallest absolute Gasteiger partial charge is 0.200 e. The molecule has 0 saturated heterocycles. The summed E-state index contributed by atoms with van der Waals surface area (Å²) in [5.74, 6) is 1.72. The molecule has 0 N–H and O–H groups in total. The van der Waals surface area contributed by atoms with Crippen molar-refractivity contribution in [2.45, 2.75) is 0 Å². The Morgan fingerprint density at radius 2 is 1.61 bits per heavy atom. The van der Waals surface area contributed by atoms with Crippen molar-refractivity contribution in [3.05, 3.63) is 52.9 Å². The molecule has 118 valence electrons. The molecule has 3 rings (SSSR count). The van der Waals surface area contributed by atoms with Gasteiger partial charge in [0.05, 0.1) is 37.8 Å². The molecule has 0 unspecified atom stereocenters. The molecule has 0 amide bonds. The summed E-state index contributed by atoms with van der Waals surface area (Å²) in [7, 11) is 4.66. The zero-order valence-electron chi connectivity index (χ0n) is 13.1. The van der Waals surface area contributed by atoms with E-state index in [1.54, 1.807) is 57.7 Å². The standard InChI is InChI=1S/C18H16O5/c1-20-11-7-8-12-16(9-11)23-10-13(18(12)19)17-14(21-2)5-4-6-15(17)22-3/h4-10H,1-3H3. The third kappa shape index (κ3) is 2.50. The van der Waals surface area contributed by atoms with Crippen molar-refractivity contribution in [2.75, 3.05) is 21.3 Å². The number of methoxy groups -OCH3 is 3. The van der Waals surface area contributed by atoms with Crippen molar-refractivity contribution in [1.82, 2.24) is 0 Å². The van der Waals surface area contributed by atoms with Gasteiger partial charge < -0.3 is 18.6 Å². The molecule has 5 heteroatoms. The number of hydrogen-bond donors (Lipinski definition) is 0. The molecule has 0 atom stereocenters. The molecule has 5 nitrogen and oxygen atoms in total. The van der Waals surface area contributed by atoms with E-state index >= 15 is 0 Å². The molecule has 2 aromatic carbocycles. The first kappa shape index (κ1) is 15.0. The Labute approximate surface area is 133 Å². The molecule has 1 aromatic heterocycles. The lowest BCUT2D eigenvalue weighted by molar-refractivity contribution is 0.397. The molecule has 3 aromatic rings. The number of fused-ring (bicyclic) bond motifs is 1. The molecule has 0 aliphatic carbocycles. The van der Waals surface area contributed by atoms with Crippen LogP contribution < -0.4 is 19.6 Å². The molecule has 0 saturated carbocycles. The quantitative estimate of drug-likeness (QED) is 0.738. The van der Waals surface area contributed by atoms with Crippen molar-refractivity contribution in [1.29, 1.82) is 0 Å². The average Bonchev–Trinajstić information content (AvgIpc) is 2.61. The molecule has 0 aliphatic heterocycles. The molecule has 0 fully saturated rings. The highest BCUT2D eigenvalue weighted by Crippen LogP contribution is 2.37. The molecule has 0 aliphatic rings. The fourth-order valence-corrected chi connectivity index (χ4v) is 2.52. The van der Waals surface area contributed by atoms with E-state index in [4.69, 9.17) is 18.6 Å². The SMILES string of the molecule is COc1ccc2c(=O)c(-c3c(OC)cccc3OC)coc2c1. The number of hydrogen-bond acceptors (Lipinski definition) is 5. The summed E-state index contributed by atoms with van der Waals surface area (Å²) in [5.41, 5.74) is 1.27. The third-order valence-electron chi connectivity index (χ3n) is 3.68. The largest absolute Gasteiger partial charge is 0.497 e. The van der Waals surface area contributed by atoms with Gasteiger partial charge in [0, 0.05) is 6.07 Å². The Hall–Kier alpha value is -2.95. The van der Waals surface area contributed by atoms with Crippen LogP contribution in [-0.2, 0) is 0 Å². The van der Waals surface area contributed by atoms with Gasteiger partial charge in [-0.25, -0.2) is 0 Å². The van der Waals surface area contributed by atoms with Crippen LogP contribution in [0.25, 0.3) is 22.1 Å². The van der Waals surface area contributed by atoms with Crippen LogP contribution >= 0.6 is 0 Å². The Balaban J connectivity index is 2.30. The molecule has 1 heterocycles. The molecular formula is C18H16O5. The molecular weight excluding hydrogens is 296 g/mol. The minimum atomic E-state index is -0.156. The number of benzene rings is 2. The molecule has 0 spiro atoms. The van der Waals surface area contributed by atoms with Gasteiger partial charge in [0.2, 0.25) is 5.43 Å². The van der Waals surface area contributed by atoms with Crippen molar-refractivity contribution in [3.8, 4) is 28.4 Å². The fourth-order valence-electron chi connectivity index (χ4n) is 2.52. The van der Waals surface area contributed by atoms with E-state index in [-0.39, 0.29) is 5.43 Å². The zero-order valence-corrected chi connectivity index (χ0v) is 13.1. The predicted molar refractivity (Wildman–Crippen MR) is 87.6 cm³/mol. The topological polar surface area (TPSA) is 57.9 Å². The maximum Gasteiger partial charge on any atom is 0.200 e. The van der Waals surface area contributed by atoms with E-state index in [1.165, 1.54) is 6.26 Å². The van der Waals surface area contributed by atoms with E-state index in [1.807, 2.05) is 0 Å². The van der Waals surface area contributed by atoms with Crippen LogP contribution in [0.4, 0.5) is 0 Å². The second kappa shape index (κ2) is 6.04. The normalized spacial score (nSPS) is 10.6. The van der Waals surface area contributed by atoms with Crippen molar-refractivity contribution in [3.63, 3.8) is 0 Å². The highest BCUT2D eigenvalue weighted by atomic mass is 16.5. The third-order valence-corrected chi connectivity index (χ3v) is 3.68. The summed E-state index contributed by atoms with van der Waals surface area (Å²) in [6, 6.07) is 10.4. The van der Waals surface area contributed by atoms with Crippen molar-refractivity contribution < 1.29 is 18.6 Å². The van der Waals surface area contributed by atoms with E-state index in [0.717, 1.165) is 0 Å². The summed E-state index contributed by atoms with van der Waals surface area (Å²) in [5, 5.41) is 0.469. The predicted octanol–water partition coefficient (Wildman–Crippen LogP) is 3.49. The van der Waals surface area contributed by atoms with E-state index in [0.29, 0.717) is 39.3 Å². The summed E-state index contributed by atoms with van der Waals surface area (Å²) >= 11 is 0. The van der Waals surface area contributed by atoms with Crippen LogP contribution in [0, 0.1) is 0 Å². The molecule has 23 heavy (non-hydrogen) atoms. The van der Waals surface area contributed by atoms with Gasteiger partial charge >= 0.3 is 0 Å². The minimum Gasteiger partial charge on any atom is -0.497 e. The van der Waals surface area contributed by atoms with Crippen LogP contribution in [0.2, 0.25) is 0 Å². The van der Waals surface area contributed by atoms with E-state index < -0.39 is 0 Å². The van der Waals surface area contributed by atoms with E-state index in [9.17, 15) is 4.79 Å². The van der Waals surface area contributed by atoms with Gasteiger partial charge in [-0.3, -0.25) is 4.79 Å². The van der Waals surface area contributed by atoms with Gasteiger partial charge in [-0.05, 0) is 24.3 Å². The van der Waals surface area contributed by atoms with Crippen LogP contribution in [0.1, 0.15) is 0 Å². The van der Waals surface area contributed by atoms with Gasteiger partial charge in [0.15, 0.2) is 0 Å². The summed E-state index contributed by atoms with van der Waals surface area (Å²) in [4.78, 5) is 12.9. The minimum absolute atomic E-state index is 0.156. The van der Waals surface area contributed by atoms with Gasteiger partial charge in [-0.1, -0.05) is 6.07 Å². The van der Waals surface area contributed by atoms with Crippen LogP contribution in [0.5, 0.6) is 17.2 Å². The maximum atomic E-state index is 12.9. The zero-order chi connectivity index (χ0) is 16.4.